The number of benzene rings is 1. The molecule has 1 amide bonds. The molecule has 15 heavy (non-hydrogen) atoms. The quantitative estimate of drug-likeness (QED) is 0.693. The van der Waals surface area contributed by atoms with Crippen LogP contribution in [-0.4, -0.2) is 23.0 Å². The Morgan fingerprint density at radius 1 is 1.60 bits per heavy atom. The molecular formula is C10H11N3OS. The molecule has 0 atom stereocenters. The molecule has 0 aromatic heterocycles. The van der Waals surface area contributed by atoms with Crippen molar-refractivity contribution in [2.75, 3.05) is 12.4 Å². The Morgan fingerprint density at radius 3 is 3.00 bits per heavy atom. The maximum atomic E-state index is 11.8. The summed E-state index contributed by atoms with van der Waals surface area (Å²) in [5, 5.41) is 2.99. The molecule has 0 unspecified atom stereocenters. The molecule has 4 nitrogen and oxygen atoms in total. The van der Waals surface area contributed by atoms with Crippen LogP contribution in [0.15, 0.2) is 18.2 Å². The van der Waals surface area contributed by atoms with Gasteiger partial charge in [0.15, 0.2) is 5.11 Å². The minimum absolute atomic E-state index is 0.00403. The topological polar surface area (TPSA) is 58.4 Å². The van der Waals surface area contributed by atoms with Gasteiger partial charge in [-0.05, 0) is 23.8 Å². The zero-order valence-electron chi connectivity index (χ0n) is 8.28. The molecule has 1 aliphatic rings. The van der Waals surface area contributed by atoms with Crippen molar-refractivity contribution < 1.29 is 4.79 Å². The van der Waals surface area contributed by atoms with Gasteiger partial charge < -0.3 is 16.0 Å². The van der Waals surface area contributed by atoms with Crippen LogP contribution in [0.25, 0.3) is 0 Å². The van der Waals surface area contributed by atoms with Gasteiger partial charge in [0.2, 0.25) is 0 Å². The molecule has 3 N–H and O–H groups in total. The highest BCUT2D eigenvalue weighted by molar-refractivity contribution is 7.80. The van der Waals surface area contributed by atoms with E-state index in [9.17, 15) is 4.79 Å². The van der Waals surface area contributed by atoms with E-state index in [0.29, 0.717) is 17.8 Å². The first-order valence-electron chi connectivity index (χ1n) is 4.53. The van der Waals surface area contributed by atoms with E-state index >= 15 is 0 Å². The number of hydrogen-bond acceptors (Lipinski definition) is 2. The SMILES string of the molecule is CN1Cc2cccc(NC(N)=S)c2C1=O. The third-order valence-electron chi connectivity index (χ3n) is 2.38. The van der Waals surface area contributed by atoms with E-state index in [0.717, 1.165) is 5.56 Å². The third kappa shape index (κ3) is 1.66. The van der Waals surface area contributed by atoms with E-state index in [2.05, 4.69) is 5.32 Å². The van der Waals surface area contributed by atoms with Crippen LogP contribution in [0.4, 0.5) is 5.69 Å². The monoisotopic (exact) mass is 221 g/mol. The van der Waals surface area contributed by atoms with E-state index < -0.39 is 0 Å². The highest BCUT2D eigenvalue weighted by atomic mass is 32.1. The van der Waals surface area contributed by atoms with E-state index in [1.807, 2.05) is 12.1 Å². The molecule has 0 saturated carbocycles. The molecule has 1 aliphatic heterocycles. The van der Waals surface area contributed by atoms with Gasteiger partial charge in [0.25, 0.3) is 5.91 Å². The zero-order chi connectivity index (χ0) is 11.0. The molecule has 0 spiro atoms. The number of nitrogens with one attached hydrogen (secondary N) is 1. The molecular weight excluding hydrogens is 210 g/mol. The zero-order valence-corrected chi connectivity index (χ0v) is 9.10. The van der Waals surface area contributed by atoms with Gasteiger partial charge in [-0.25, -0.2) is 0 Å². The largest absolute Gasteiger partial charge is 0.376 e. The lowest BCUT2D eigenvalue weighted by molar-refractivity contribution is 0.0817. The number of amides is 1. The summed E-state index contributed by atoms with van der Waals surface area (Å²) in [6.07, 6.45) is 0. The summed E-state index contributed by atoms with van der Waals surface area (Å²) >= 11 is 4.76. The number of anilines is 1. The summed E-state index contributed by atoms with van der Waals surface area (Å²) in [6.45, 7) is 0.640. The van der Waals surface area contributed by atoms with Crippen molar-refractivity contribution in [2.24, 2.45) is 5.73 Å². The Hall–Kier alpha value is -1.62. The van der Waals surface area contributed by atoms with Gasteiger partial charge in [-0.1, -0.05) is 12.1 Å². The maximum Gasteiger partial charge on any atom is 0.256 e. The number of carbonyl (C=O) groups excluding carboxylic acids is 1. The molecule has 0 bridgehead atoms. The van der Waals surface area contributed by atoms with Crippen LogP contribution in [0.5, 0.6) is 0 Å². The van der Waals surface area contributed by atoms with Gasteiger partial charge >= 0.3 is 0 Å². The Bertz CT molecular complexity index is 444. The fraction of sp³-hybridized carbons (Fsp3) is 0.200. The molecule has 1 aromatic rings. The van der Waals surface area contributed by atoms with Gasteiger partial charge in [-0.3, -0.25) is 4.79 Å². The first-order chi connectivity index (χ1) is 7.09. The summed E-state index contributed by atoms with van der Waals surface area (Å²) < 4.78 is 0. The second kappa shape index (κ2) is 3.51. The first-order valence-corrected chi connectivity index (χ1v) is 4.94. The van der Waals surface area contributed by atoms with Crippen molar-refractivity contribution in [2.45, 2.75) is 6.54 Å². The molecule has 0 radical (unpaired) electrons. The highest BCUT2D eigenvalue weighted by Crippen LogP contribution is 2.28. The average Bonchev–Trinajstić information content (AvgIpc) is 2.43. The summed E-state index contributed by atoms with van der Waals surface area (Å²) in [5.41, 5.74) is 7.76. The second-order valence-corrected chi connectivity index (χ2v) is 3.93. The molecule has 2 rings (SSSR count). The van der Waals surface area contributed by atoms with Gasteiger partial charge in [-0.15, -0.1) is 0 Å². The molecule has 0 saturated heterocycles. The van der Waals surface area contributed by atoms with E-state index in [1.54, 1.807) is 18.0 Å². The van der Waals surface area contributed by atoms with Gasteiger partial charge in [-0.2, -0.15) is 0 Å². The van der Waals surface area contributed by atoms with Gasteiger partial charge in [0, 0.05) is 13.6 Å². The molecule has 0 fully saturated rings. The number of hydrogen-bond donors (Lipinski definition) is 2. The van der Waals surface area contributed by atoms with Crippen LogP contribution in [0.3, 0.4) is 0 Å². The van der Waals surface area contributed by atoms with Crippen molar-refractivity contribution in [3.05, 3.63) is 29.3 Å². The lowest BCUT2D eigenvalue weighted by Gasteiger charge is -2.08. The van der Waals surface area contributed by atoms with Crippen LogP contribution >= 0.6 is 12.2 Å². The highest BCUT2D eigenvalue weighted by Gasteiger charge is 2.26. The number of rotatable bonds is 1. The number of fused-ring (bicyclic) bond motifs is 1. The van der Waals surface area contributed by atoms with Crippen molar-refractivity contribution in [1.82, 2.24) is 4.90 Å². The van der Waals surface area contributed by atoms with Crippen molar-refractivity contribution in [1.29, 1.82) is 0 Å². The summed E-state index contributed by atoms with van der Waals surface area (Å²) in [6, 6.07) is 5.61. The predicted molar refractivity (Wildman–Crippen MR) is 62.6 cm³/mol. The third-order valence-corrected chi connectivity index (χ3v) is 2.48. The number of nitrogens with two attached hydrogens (primary N) is 1. The van der Waals surface area contributed by atoms with Crippen LogP contribution < -0.4 is 11.1 Å². The Morgan fingerprint density at radius 2 is 2.33 bits per heavy atom. The van der Waals surface area contributed by atoms with E-state index in [1.165, 1.54) is 0 Å². The standard InChI is InChI=1S/C10H11N3OS/c1-13-5-6-3-2-4-7(12-10(11)15)8(6)9(13)14/h2-4H,5H2,1H3,(H3,11,12,15). The van der Waals surface area contributed by atoms with E-state index in [4.69, 9.17) is 18.0 Å². The predicted octanol–water partition coefficient (Wildman–Crippen LogP) is 0.928. The smallest absolute Gasteiger partial charge is 0.256 e. The summed E-state index contributed by atoms with van der Waals surface area (Å²) in [4.78, 5) is 13.5. The maximum absolute atomic E-state index is 11.8. The molecule has 5 heteroatoms. The van der Waals surface area contributed by atoms with Gasteiger partial charge in [0.05, 0.1) is 11.3 Å². The Labute approximate surface area is 93.1 Å². The lowest BCUT2D eigenvalue weighted by atomic mass is 10.1. The molecule has 78 valence electrons. The van der Waals surface area contributed by atoms with Crippen molar-refractivity contribution in [3.63, 3.8) is 0 Å². The average molecular weight is 221 g/mol. The summed E-state index contributed by atoms with van der Waals surface area (Å²) in [7, 11) is 1.77. The fourth-order valence-corrected chi connectivity index (χ4v) is 1.85. The van der Waals surface area contributed by atoms with E-state index in [-0.39, 0.29) is 11.0 Å². The second-order valence-electron chi connectivity index (χ2n) is 3.49. The van der Waals surface area contributed by atoms with Crippen molar-refractivity contribution >= 4 is 28.9 Å². The lowest BCUT2D eigenvalue weighted by Crippen LogP contribution is -2.22. The van der Waals surface area contributed by atoms with Crippen LogP contribution in [0, 0.1) is 0 Å². The minimum Gasteiger partial charge on any atom is -0.376 e. The number of nitrogens with zero attached hydrogens (tertiary/aromatic N) is 1. The van der Waals surface area contributed by atoms with Gasteiger partial charge in [0.1, 0.15) is 0 Å². The molecule has 1 aromatic carbocycles. The number of carbonyl (C=O) groups is 1. The molecule has 1 heterocycles. The summed E-state index contributed by atoms with van der Waals surface area (Å²) in [5.74, 6) is 0.00403. The van der Waals surface area contributed by atoms with Crippen LogP contribution in [0.2, 0.25) is 0 Å². The normalized spacial score (nSPS) is 13.9. The first kappa shape index (κ1) is 9.92. The van der Waals surface area contributed by atoms with Crippen molar-refractivity contribution in [3.8, 4) is 0 Å². The Kier molecular flexibility index (Phi) is 2.32. The fourth-order valence-electron chi connectivity index (χ4n) is 1.74. The van der Waals surface area contributed by atoms with Crippen LogP contribution in [-0.2, 0) is 6.54 Å². The van der Waals surface area contributed by atoms with Crippen LogP contribution in [0.1, 0.15) is 15.9 Å². The minimum atomic E-state index is 0.00403. The Balaban J connectivity index is 2.47. The number of thiocarbonyl (C=S) groups is 1. The molecule has 0 aliphatic carbocycles.